The van der Waals surface area contributed by atoms with Crippen molar-refractivity contribution in [3.63, 3.8) is 0 Å². The van der Waals surface area contributed by atoms with Gasteiger partial charge in [-0.05, 0) is 30.7 Å². The summed E-state index contributed by atoms with van der Waals surface area (Å²) in [5, 5.41) is 2.81. The second-order valence-electron chi connectivity index (χ2n) is 7.11. The summed E-state index contributed by atoms with van der Waals surface area (Å²) in [5.74, 6) is -0.458. The van der Waals surface area contributed by atoms with E-state index in [-0.39, 0.29) is 31.3 Å². The standard InChI is InChI=1S/C22H23N3O5/c1-2-12-23-21(27)19-14-25(16-8-4-5-9-17(16)29-19)20(26)11-13-24-15-7-3-6-10-18(15)30-22(24)28/h3-10,19H,2,11-14H2,1H3,(H,23,27)/t19-/m0/s1. The number of carbonyl (C=O) groups excluding carboxylic acids is 2. The smallest absolute Gasteiger partial charge is 0.419 e. The molecule has 0 aliphatic carbocycles. The molecule has 0 saturated heterocycles. The van der Waals surface area contributed by atoms with Crippen LogP contribution in [0.3, 0.4) is 0 Å². The number of hydrogen-bond donors (Lipinski definition) is 1. The molecule has 8 heteroatoms. The third kappa shape index (κ3) is 3.80. The molecule has 0 saturated carbocycles. The van der Waals surface area contributed by atoms with Crippen LogP contribution in [0.15, 0.2) is 57.7 Å². The maximum absolute atomic E-state index is 13.1. The SMILES string of the molecule is CCCNC(=O)[C@@H]1CN(C(=O)CCn2c(=O)oc3ccccc32)c2ccccc2O1. The van der Waals surface area contributed by atoms with Gasteiger partial charge >= 0.3 is 5.76 Å². The Morgan fingerprint density at radius 3 is 2.73 bits per heavy atom. The average Bonchev–Trinajstić information content (AvgIpc) is 3.09. The highest BCUT2D eigenvalue weighted by Gasteiger charge is 2.33. The Labute approximate surface area is 173 Å². The second-order valence-corrected chi connectivity index (χ2v) is 7.11. The molecule has 0 unspecified atom stereocenters. The minimum Gasteiger partial charge on any atom is -0.477 e. The van der Waals surface area contributed by atoms with E-state index in [1.54, 1.807) is 41.3 Å². The summed E-state index contributed by atoms with van der Waals surface area (Å²) < 4.78 is 12.5. The molecular weight excluding hydrogens is 386 g/mol. The number of aromatic nitrogens is 1. The number of anilines is 1. The Morgan fingerprint density at radius 1 is 1.13 bits per heavy atom. The van der Waals surface area contributed by atoms with E-state index in [4.69, 9.17) is 9.15 Å². The molecule has 3 aromatic rings. The van der Waals surface area contributed by atoms with Gasteiger partial charge in [0, 0.05) is 19.5 Å². The van der Waals surface area contributed by atoms with Crippen molar-refractivity contribution in [2.24, 2.45) is 0 Å². The number of nitrogens with one attached hydrogen (secondary N) is 1. The van der Waals surface area contributed by atoms with Crippen molar-refractivity contribution < 1.29 is 18.7 Å². The van der Waals surface area contributed by atoms with Crippen LogP contribution in [-0.4, -0.2) is 35.6 Å². The molecular formula is C22H23N3O5. The van der Waals surface area contributed by atoms with Gasteiger partial charge in [-0.1, -0.05) is 31.2 Å². The van der Waals surface area contributed by atoms with E-state index >= 15 is 0 Å². The van der Waals surface area contributed by atoms with Crippen molar-refractivity contribution in [1.29, 1.82) is 0 Å². The molecule has 1 N–H and O–H groups in total. The van der Waals surface area contributed by atoms with Gasteiger partial charge in [-0.3, -0.25) is 14.2 Å². The lowest BCUT2D eigenvalue weighted by Gasteiger charge is -2.34. The van der Waals surface area contributed by atoms with Crippen LogP contribution >= 0.6 is 0 Å². The fourth-order valence-electron chi connectivity index (χ4n) is 3.54. The normalized spacial score (nSPS) is 15.5. The molecule has 4 rings (SSSR count). The van der Waals surface area contributed by atoms with Crippen LogP contribution in [0.5, 0.6) is 5.75 Å². The molecule has 1 aromatic heterocycles. The van der Waals surface area contributed by atoms with Gasteiger partial charge in [0.25, 0.3) is 5.91 Å². The quantitative estimate of drug-likeness (QED) is 0.674. The number of carbonyl (C=O) groups is 2. The molecule has 1 atom stereocenters. The first-order valence-corrected chi connectivity index (χ1v) is 10.0. The van der Waals surface area contributed by atoms with Crippen molar-refractivity contribution in [3.05, 3.63) is 59.1 Å². The summed E-state index contributed by atoms with van der Waals surface area (Å²) in [7, 11) is 0. The van der Waals surface area contributed by atoms with Gasteiger partial charge in [0.05, 0.1) is 17.7 Å². The molecule has 30 heavy (non-hydrogen) atoms. The minimum atomic E-state index is -0.784. The predicted molar refractivity (Wildman–Crippen MR) is 112 cm³/mol. The molecule has 0 radical (unpaired) electrons. The fraction of sp³-hybridized carbons (Fsp3) is 0.318. The first kappa shape index (κ1) is 19.8. The van der Waals surface area contributed by atoms with E-state index in [0.717, 1.165) is 6.42 Å². The summed E-state index contributed by atoms with van der Waals surface area (Å²) in [6.07, 6.45) is 0.111. The average molecular weight is 409 g/mol. The van der Waals surface area contributed by atoms with E-state index in [1.165, 1.54) is 4.57 Å². The van der Waals surface area contributed by atoms with Crippen LogP contribution in [0.2, 0.25) is 0 Å². The van der Waals surface area contributed by atoms with Crippen LogP contribution in [-0.2, 0) is 16.1 Å². The number of fused-ring (bicyclic) bond motifs is 2. The first-order valence-electron chi connectivity index (χ1n) is 10.0. The van der Waals surface area contributed by atoms with Gasteiger partial charge in [-0.15, -0.1) is 0 Å². The lowest BCUT2D eigenvalue weighted by atomic mass is 10.1. The lowest BCUT2D eigenvalue weighted by molar-refractivity contribution is -0.128. The Kier molecular flexibility index (Phi) is 5.56. The number of para-hydroxylation sites is 4. The van der Waals surface area contributed by atoms with Gasteiger partial charge < -0.3 is 19.4 Å². The zero-order valence-electron chi connectivity index (χ0n) is 16.7. The third-order valence-corrected chi connectivity index (χ3v) is 5.04. The number of amides is 2. The number of ether oxygens (including phenoxy) is 1. The Balaban J connectivity index is 1.54. The predicted octanol–water partition coefficient (Wildman–Crippen LogP) is 2.30. The summed E-state index contributed by atoms with van der Waals surface area (Å²) in [4.78, 5) is 39.2. The number of nitrogens with zero attached hydrogens (tertiary/aromatic N) is 2. The highest BCUT2D eigenvalue weighted by atomic mass is 16.5. The monoisotopic (exact) mass is 409 g/mol. The number of aryl methyl sites for hydroxylation is 1. The van der Waals surface area contributed by atoms with Crippen LogP contribution in [0.25, 0.3) is 11.1 Å². The number of benzene rings is 2. The van der Waals surface area contributed by atoms with Gasteiger partial charge in [0.1, 0.15) is 5.75 Å². The van der Waals surface area contributed by atoms with Gasteiger partial charge in [-0.25, -0.2) is 4.79 Å². The maximum Gasteiger partial charge on any atom is 0.419 e. The van der Waals surface area contributed by atoms with E-state index < -0.39 is 11.9 Å². The number of hydrogen-bond acceptors (Lipinski definition) is 5. The minimum absolute atomic E-state index is 0.0844. The van der Waals surface area contributed by atoms with E-state index in [0.29, 0.717) is 29.1 Å². The highest BCUT2D eigenvalue weighted by Crippen LogP contribution is 2.33. The third-order valence-electron chi connectivity index (χ3n) is 5.04. The maximum atomic E-state index is 13.1. The first-order chi connectivity index (χ1) is 14.6. The van der Waals surface area contributed by atoms with Crippen LogP contribution in [0, 0.1) is 0 Å². The Morgan fingerprint density at radius 2 is 1.90 bits per heavy atom. The summed E-state index contributed by atoms with van der Waals surface area (Å²) >= 11 is 0. The van der Waals surface area contributed by atoms with Crippen molar-refractivity contribution >= 4 is 28.6 Å². The van der Waals surface area contributed by atoms with E-state index in [9.17, 15) is 14.4 Å². The van der Waals surface area contributed by atoms with Crippen molar-refractivity contribution in [2.45, 2.75) is 32.4 Å². The molecule has 0 fully saturated rings. The molecule has 8 nitrogen and oxygen atoms in total. The highest BCUT2D eigenvalue weighted by molar-refractivity contribution is 5.97. The molecule has 2 aromatic carbocycles. The van der Waals surface area contributed by atoms with Gasteiger partial charge in [-0.2, -0.15) is 0 Å². The van der Waals surface area contributed by atoms with E-state index in [2.05, 4.69) is 5.32 Å². The Hall–Kier alpha value is -3.55. The molecule has 2 amide bonds. The van der Waals surface area contributed by atoms with Gasteiger partial charge in [0.15, 0.2) is 11.7 Å². The summed E-state index contributed by atoms with van der Waals surface area (Å²) in [5.41, 5.74) is 1.75. The number of oxazole rings is 1. The van der Waals surface area contributed by atoms with Crippen LogP contribution in [0.4, 0.5) is 5.69 Å². The molecule has 1 aliphatic heterocycles. The molecule has 1 aliphatic rings. The molecule has 0 spiro atoms. The van der Waals surface area contributed by atoms with Gasteiger partial charge in [0.2, 0.25) is 5.91 Å². The summed E-state index contributed by atoms with van der Waals surface area (Å²) in [6, 6.07) is 14.2. The molecule has 2 heterocycles. The van der Waals surface area contributed by atoms with Crippen LogP contribution in [0.1, 0.15) is 19.8 Å². The largest absolute Gasteiger partial charge is 0.477 e. The number of rotatable bonds is 6. The fourth-order valence-corrected chi connectivity index (χ4v) is 3.54. The zero-order chi connectivity index (χ0) is 21.1. The Bertz CT molecular complexity index is 1130. The van der Waals surface area contributed by atoms with Crippen molar-refractivity contribution in [1.82, 2.24) is 9.88 Å². The lowest BCUT2D eigenvalue weighted by Crippen LogP contribution is -2.51. The van der Waals surface area contributed by atoms with Crippen LogP contribution < -0.4 is 20.7 Å². The molecule has 0 bridgehead atoms. The summed E-state index contributed by atoms with van der Waals surface area (Å²) in [6.45, 7) is 2.81. The topological polar surface area (TPSA) is 93.8 Å². The zero-order valence-corrected chi connectivity index (χ0v) is 16.7. The van der Waals surface area contributed by atoms with Crippen molar-refractivity contribution in [2.75, 3.05) is 18.0 Å². The van der Waals surface area contributed by atoms with Crippen molar-refractivity contribution in [3.8, 4) is 5.75 Å². The second kappa shape index (κ2) is 8.44. The van der Waals surface area contributed by atoms with E-state index in [1.807, 2.05) is 19.1 Å². The molecule has 156 valence electrons.